The molecule has 0 bridgehead atoms. The van der Waals surface area contributed by atoms with Gasteiger partial charge in [0.15, 0.2) is 6.29 Å². The summed E-state index contributed by atoms with van der Waals surface area (Å²) >= 11 is 0. The largest absolute Gasteiger partial charge is 0.492 e. The number of hydrogen-bond acceptors (Lipinski definition) is 17. The van der Waals surface area contributed by atoms with Gasteiger partial charge in [-0.15, -0.1) is 0 Å². The number of amides is 1. The molecule has 1 aliphatic carbocycles. The summed E-state index contributed by atoms with van der Waals surface area (Å²) in [7, 11) is 1.57. The van der Waals surface area contributed by atoms with Gasteiger partial charge in [-0.05, 0) is 39.3 Å². The third-order valence-electron chi connectivity index (χ3n) is 8.66. The summed E-state index contributed by atoms with van der Waals surface area (Å²) in [6, 6.07) is -3.45. The molecule has 0 spiro atoms. The zero-order valence-corrected chi connectivity index (χ0v) is 26.0. The molecule has 0 aromatic heterocycles. The Balaban J connectivity index is 1.81. The normalized spacial score (nSPS) is 38.7. The van der Waals surface area contributed by atoms with Crippen molar-refractivity contribution in [2.45, 2.75) is 105 Å². The van der Waals surface area contributed by atoms with Crippen LogP contribution in [0.3, 0.4) is 0 Å². The maximum Gasteiger partial charge on any atom is 0.249 e. The fraction of sp³-hybridized carbons (Fsp3) is 0.889. The standard InChI is InChI=1S/C27H55N9O9/c1-27(42)11-43-25(20(40)23(27)33-2)45-22-16(36-24(41)17(38)5-6-35-26(31)32)7-15(30)18(19(22)39)21-14(29)4-3-13(44-21)9-34-8-12(28)10-37/h3,12,14-23,25-26,33-35,37-40,42H,4-11,28-32H2,1-2H3,(H,36,41). The van der Waals surface area contributed by atoms with E-state index in [2.05, 4.69) is 21.3 Å². The molecule has 3 aliphatic rings. The molecule has 262 valence electrons. The fourth-order valence-electron chi connectivity index (χ4n) is 6.20. The molecule has 18 heteroatoms. The number of hydrogen-bond donors (Lipinski definition) is 14. The quantitative estimate of drug-likeness (QED) is 0.0733. The molecule has 1 saturated carbocycles. The van der Waals surface area contributed by atoms with Crippen LogP contribution in [0.15, 0.2) is 11.8 Å². The predicted molar refractivity (Wildman–Crippen MR) is 162 cm³/mol. The van der Waals surface area contributed by atoms with Gasteiger partial charge in [-0.2, -0.15) is 0 Å². The van der Waals surface area contributed by atoms with Crippen molar-refractivity contribution in [1.29, 1.82) is 0 Å². The Hall–Kier alpha value is -1.59. The Kier molecular flexibility index (Phi) is 14.3. The molecule has 1 saturated heterocycles. The van der Waals surface area contributed by atoms with E-state index >= 15 is 0 Å². The number of likely N-dealkylation sites (N-methyl/N-ethyl adjacent to an activating group) is 1. The molecule has 1 amide bonds. The molecular formula is C27H55N9O9. The van der Waals surface area contributed by atoms with Gasteiger partial charge in [0.1, 0.15) is 42.1 Å². The lowest BCUT2D eigenvalue weighted by Gasteiger charge is -2.50. The zero-order chi connectivity index (χ0) is 33.5. The van der Waals surface area contributed by atoms with E-state index in [0.717, 1.165) is 0 Å². The fourth-order valence-corrected chi connectivity index (χ4v) is 6.20. The summed E-state index contributed by atoms with van der Waals surface area (Å²) < 4.78 is 18.1. The van der Waals surface area contributed by atoms with Crippen LogP contribution in [0.4, 0.5) is 0 Å². The van der Waals surface area contributed by atoms with Crippen LogP contribution in [-0.4, -0.2) is 150 Å². The first-order valence-corrected chi connectivity index (χ1v) is 15.4. The van der Waals surface area contributed by atoms with Crippen LogP contribution in [0, 0.1) is 5.92 Å². The number of ether oxygens (including phenoxy) is 3. The Morgan fingerprint density at radius 3 is 2.56 bits per heavy atom. The lowest BCUT2D eigenvalue weighted by atomic mass is 9.72. The third-order valence-corrected chi connectivity index (χ3v) is 8.66. The Morgan fingerprint density at radius 2 is 1.91 bits per heavy atom. The minimum Gasteiger partial charge on any atom is -0.492 e. The van der Waals surface area contributed by atoms with E-state index in [1.54, 1.807) is 7.05 Å². The van der Waals surface area contributed by atoms with Crippen molar-refractivity contribution in [3.8, 4) is 0 Å². The van der Waals surface area contributed by atoms with Crippen molar-refractivity contribution in [1.82, 2.24) is 21.3 Å². The Bertz CT molecular complexity index is 965. The van der Waals surface area contributed by atoms with Crippen LogP contribution in [0.1, 0.15) is 26.2 Å². The first kappa shape index (κ1) is 37.9. The summed E-state index contributed by atoms with van der Waals surface area (Å²) in [5.74, 6) is -0.938. The van der Waals surface area contributed by atoms with E-state index in [1.165, 1.54) is 6.92 Å². The molecule has 2 heterocycles. The van der Waals surface area contributed by atoms with Gasteiger partial charge >= 0.3 is 0 Å². The topological polar surface area (TPSA) is 324 Å². The summed E-state index contributed by atoms with van der Waals surface area (Å²) in [4.78, 5) is 13.0. The van der Waals surface area contributed by atoms with E-state index in [0.29, 0.717) is 25.3 Å². The van der Waals surface area contributed by atoms with Crippen LogP contribution >= 0.6 is 0 Å². The SMILES string of the molecule is CNC1C(O)C(OC2C(NC(=O)C(O)CCNC(N)N)CC(N)C(C3OC(CNCC(N)CO)=CCC3N)C2O)OCC1(C)O. The number of rotatable bonds is 15. The molecule has 2 aliphatic heterocycles. The van der Waals surface area contributed by atoms with Crippen LogP contribution in [0.2, 0.25) is 0 Å². The summed E-state index contributed by atoms with van der Waals surface area (Å²) in [5, 5.41) is 64.6. The van der Waals surface area contributed by atoms with Gasteiger partial charge in [-0.25, -0.2) is 0 Å². The number of aliphatic hydroxyl groups is 5. The van der Waals surface area contributed by atoms with Crippen LogP contribution in [0.25, 0.3) is 0 Å². The van der Waals surface area contributed by atoms with E-state index in [4.69, 9.17) is 42.9 Å². The smallest absolute Gasteiger partial charge is 0.249 e. The number of carbonyl (C=O) groups is 1. The summed E-state index contributed by atoms with van der Waals surface area (Å²) in [6.45, 7) is 1.97. The lowest BCUT2D eigenvalue weighted by Crippen LogP contribution is -2.69. The van der Waals surface area contributed by atoms with Crippen molar-refractivity contribution in [2.24, 2.45) is 34.6 Å². The second-order valence-electron chi connectivity index (χ2n) is 12.5. The third kappa shape index (κ3) is 9.95. The van der Waals surface area contributed by atoms with Crippen LogP contribution in [0.5, 0.6) is 0 Å². The highest BCUT2D eigenvalue weighted by Crippen LogP contribution is 2.36. The molecule has 0 radical (unpaired) electrons. The van der Waals surface area contributed by atoms with Crippen molar-refractivity contribution in [3.05, 3.63) is 11.8 Å². The molecule has 3 rings (SSSR count). The minimum absolute atomic E-state index is 0.00666. The average molecular weight is 650 g/mol. The van der Waals surface area contributed by atoms with Crippen molar-refractivity contribution in [3.63, 3.8) is 0 Å². The van der Waals surface area contributed by atoms with Crippen molar-refractivity contribution in [2.75, 3.05) is 39.9 Å². The molecule has 45 heavy (non-hydrogen) atoms. The summed E-state index contributed by atoms with van der Waals surface area (Å²) in [5.41, 5.74) is 28.3. The average Bonchev–Trinajstić information content (AvgIpc) is 2.97. The first-order chi connectivity index (χ1) is 21.2. The molecular weight excluding hydrogens is 594 g/mol. The van der Waals surface area contributed by atoms with E-state index < -0.39 is 90.7 Å². The molecule has 19 N–H and O–H groups in total. The highest BCUT2D eigenvalue weighted by atomic mass is 16.7. The lowest BCUT2D eigenvalue weighted by molar-refractivity contribution is -0.297. The maximum atomic E-state index is 13.0. The Labute approximate surface area is 263 Å². The second-order valence-corrected chi connectivity index (χ2v) is 12.5. The highest BCUT2D eigenvalue weighted by Gasteiger charge is 2.53. The molecule has 18 nitrogen and oxygen atoms in total. The number of nitrogens with two attached hydrogens (primary N) is 5. The molecule has 0 aromatic rings. The van der Waals surface area contributed by atoms with Crippen molar-refractivity contribution >= 4 is 5.91 Å². The van der Waals surface area contributed by atoms with Gasteiger partial charge in [0, 0.05) is 37.1 Å². The number of carbonyl (C=O) groups excluding carboxylic acids is 1. The molecule has 0 aromatic carbocycles. The molecule has 13 unspecified atom stereocenters. The van der Waals surface area contributed by atoms with Gasteiger partial charge < -0.3 is 84.4 Å². The van der Waals surface area contributed by atoms with E-state index in [-0.39, 0.29) is 32.6 Å². The van der Waals surface area contributed by atoms with Gasteiger partial charge in [-0.3, -0.25) is 10.1 Å². The van der Waals surface area contributed by atoms with Gasteiger partial charge in [0.05, 0.1) is 37.9 Å². The molecule has 2 fully saturated rings. The van der Waals surface area contributed by atoms with E-state index in [9.17, 15) is 30.3 Å². The number of aliphatic hydroxyl groups excluding tert-OH is 4. The highest BCUT2D eigenvalue weighted by molar-refractivity contribution is 5.80. The van der Waals surface area contributed by atoms with E-state index in [1.807, 2.05) is 6.08 Å². The van der Waals surface area contributed by atoms with Crippen molar-refractivity contribution < 1.29 is 44.5 Å². The first-order valence-electron chi connectivity index (χ1n) is 15.4. The predicted octanol–water partition coefficient (Wildman–Crippen LogP) is -6.93. The number of nitrogens with one attached hydrogen (secondary N) is 4. The Morgan fingerprint density at radius 1 is 1.20 bits per heavy atom. The van der Waals surface area contributed by atoms with Gasteiger partial charge in [0.25, 0.3) is 0 Å². The summed E-state index contributed by atoms with van der Waals surface area (Å²) in [6.07, 6.45) is -5.83. The molecule has 13 atom stereocenters. The monoisotopic (exact) mass is 649 g/mol. The maximum absolute atomic E-state index is 13.0. The van der Waals surface area contributed by atoms with Gasteiger partial charge in [0.2, 0.25) is 5.91 Å². The van der Waals surface area contributed by atoms with Crippen LogP contribution in [-0.2, 0) is 19.0 Å². The zero-order valence-electron chi connectivity index (χ0n) is 26.0. The second kappa shape index (κ2) is 17.0. The van der Waals surface area contributed by atoms with Crippen LogP contribution < -0.4 is 49.9 Å². The minimum atomic E-state index is -1.43. The van der Waals surface area contributed by atoms with Gasteiger partial charge in [-0.1, -0.05) is 0 Å².